The SMILES string of the molecule is CC1CCCC(N2C(=O)NC(=O)C(C)(C)C2=O)C1. The topological polar surface area (TPSA) is 66.5 Å². The van der Waals surface area contributed by atoms with Gasteiger partial charge in [0.15, 0.2) is 0 Å². The standard InChI is InChI=1S/C13H20N2O3/c1-8-5-4-6-9(7-8)15-11(17)13(2,3)10(16)14-12(15)18/h8-9H,4-7H2,1-3H3,(H,14,16,18). The van der Waals surface area contributed by atoms with E-state index in [1.165, 1.54) is 4.90 Å². The molecule has 100 valence electrons. The molecule has 1 heterocycles. The number of hydrogen-bond acceptors (Lipinski definition) is 3. The summed E-state index contributed by atoms with van der Waals surface area (Å²) < 4.78 is 0. The molecule has 18 heavy (non-hydrogen) atoms. The second-order valence-corrected chi connectivity index (χ2v) is 5.99. The van der Waals surface area contributed by atoms with E-state index >= 15 is 0 Å². The van der Waals surface area contributed by atoms with Crippen molar-refractivity contribution in [3.8, 4) is 0 Å². The van der Waals surface area contributed by atoms with E-state index in [1.807, 2.05) is 0 Å². The van der Waals surface area contributed by atoms with Crippen LogP contribution in [0.15, 0.2) is 0 Å². The zero-order valence-corrected chi connectivity index (χ0v) is 11.2. The maximum Gasteiger partial charge on any atom is 0.331 e. The zero-order chi connectivity index (χ0) is 13.5. The van der Waals surface area contributed by atoms with Gasteiger partial charge in [-0.05, 0) is 32.6 Å². The van der Waals surface area contributed by atoms with Crippen LogP contribution < -0.4 is 5.32 Å². The quantitative estimate of drug-likeness (QED) is 0.722. The minimum absolute atomic E-state index is 0.0615. The molecular formula is C13H20N2O3. The van der Waals surface area contributed by atoms with E-state index in [0.717, 1.165) is 25.7 Å². The molecule has 1 N–H and O–H groups in total. The Bertz CT molecular complexity index is 403. The monoisotopic (exact) mass is 252 g/mol. The molecule has 5 nitrogen and oxygen atoms in total. The number of nitrogens with zero attached hydrogens (tertiary/aromatic N) is 1. The Kier molecular flexibility index (Phi) is 3.17. The molecule has 1 saturated carbocycles. The van der Waals surface area contributed by atoms with E-state index in [1.54, 1.807) is 13.8 Å². The minimum Gasteiger partial charge on any atom is -0.277 e. The lowest BCUT2D eigenvalue weighted by Gasteiger charge is -2.41. The number of nitrogens with one attached hydrogen (secondary N) is 1. The first-order chi connectivity index (χ1) is 8.34. The van der Waals surface area contributed by atoms with Crippen LogP contribution in [-0.4, -0.2) is 28.8 Å². The van der Waals surface area contributed by atoms with Crippen molar-refractivity contribution in [1.82, 2.24) is 10.2 Å². The lowest BCUT2D eigenvalue weighted by atomic mass is 9.83. The maximum atomic E-state index is 12.3. The Hall–Kier alpha value is -1.39. The fourth-order valence-electron chi connectivity index (χ4n) is 2.77. The fourth-order valence-corrected chi connectivity index (χ4v) is 2.77. The molecule has 0 bridgehead atoms. The summed E-state index contributed by atoms with van der Waals surface area (Å²) in [5, 5.41) is 2.29. The number of amides is 4. The molecule has 1 saturated heterocycles. The van der Waals surface area contributed by atoms with Gasteiger partial charge in [0.05, 0.1) is 0 Å². The summed E-state index contributed by atoms with van der Waals surface area (Å²) in [6.07, 6.45) is 3.84. The van der Waals surface area contributed by atoms with Gasteiger partial charge in [-0.25, -0.2) is 4.79 Å². The van der Waals surface area contributed by atoms with E-state index in [2.05, 4.69) is 12.2 Å². The van der Waals surface area contributed by atoms with Crippen molar-refractivity contribution in [3.63, 3.8) is 0 Å². The van der Waals surface area contributed by atoms with Crippen molar-refractivity contribution in [2.45, 2.75) is 52.5 Å². The predicted molar refractivity (Wildman–Crippen MR) is 65.6 cm³/mol. The Balaban J connectivity index is 2.23. The van der Waals surface area contributed by atoms with Crippen LogP contribution in [0.4, 0.5) is 4.79 Å². The van der Waals surface area contributed by atoms with Gasteiger partial charge in [-0.1, -0.05) is 19.8 Å². The second kappa shape index (κ2) is 4.37. The van der Waals surface area contributed by atoms with Gasteiger partial charge in [-0.3, -0.25) is 19.8 Å². The van der Waals surface area contributed by atoms with Crippen molar-refractivity contribution in [3.05, 3.63) is 0 Å². The molecule has 0 aromatic heterocycles. The molecule has 0 radical (unpaired) electrons. The average Bonchev–Trinajstić information content (AvgIpc) is 2.27. The molecule has 1 aliphatic carbocycles. The van der Waals surface area contributed by atoms with Crippen LogP contribution in [0.1, 0.15) is 46.5 Å². The number of barbiturate groups is 1. The van der Waals surface area contributed by atoms with Gasteiger partial charge in [0.1, 0.15) is 5.41 Å². The van der Waals surface area contributed by atoms with Gasteiger partial charge in [0.2, 0.25) is 11.8 Å². The van der Waals surface area contributed by atoms with Gasteiger partial charge < -0.3 is 0 Å². The average molecular weight is 252 g/mol. The molecule has 0 spiro atoms. The summed E-state index contributed by atoms with van der Waals surface area (Å²) in [5.41, 5.74) is -1.14. The number of rotatable bonds is 1. The largest absolute Gasteiger partial charge is 0.331 e. The van der Waals surface area contributed by atoms with Crippen molar-refractivity contribution >= 4 is 17.8 Å². The molecule has 2 atom stereocenters. The summed E-state index contributed by atoms with van der Waals surface area (Å²) in [4.78, 5) is 37.1. The van der Waals surface area contributed by atoms with Crippen LogP contribution in [-0.2, 0) is 9.59 Å². The number of imide groups is 2. The van der Waals surface area contributed by atoms with Crippen molar-refractivity contribution in [2.24, 2.45) is 11.3 Å². The molecule has 2 unspecified atom stereocenters. The van der Waals surface area contributed by atoms with E-state index in [0.29, 0.717) is 5.92 Å². The van der Waals surface area contributed by atoms with Crippen molar-refractivity contribution < 1.29 is 14.4 Å². The molecule has 1 aliphatic heterocycles. The van der Waals surface area contributed by atoms with Crippen LogP contribution >= 0.6 is 0 Å². The number of hydrogen-bond donors (Lipinski definition) is 1. The highest BCUT2D eigenvalue weighted by atomic mass is 16.2. The first-order valence-corrected chi connectivity index (χ1v) is 6.53. The number of carbonyl (C=O) groups excluding carboxylic acids is 3. The Morgan fingerprint density at radius 1 is 1.22 bits per heavy atom. The molecule has 2 aliphatic rings. The zero-order valence-electron chi connectivity index (χ0n) is 11.2. The highest BCUT2D eigenvalue weighted by molar-refractivity contribution is 6.18. The molecule has 2 fully saturated rings. The lowest BCUT2D eigenvalue weighted by Crippen LogP contribution is -2.64. The summed E-state index contributed by atoms with van der Waals surface area (Å²) in [6, 6.07) is -0.614. The smallest absolute Gasteiger partial charge is 0.277 e. The summed E-state index contributed by atoms with van der Waals surface area (Å²) in [7, 11) is 0. The molecule has 2 rings (SSSR count). The van der Waals surface area contributed by atoms with E-state index < -0.39 is 17.4 Å². The summed E-state index contributed by atoms with van der Waals surface area (Å²) in [5.74, 6) is -0.349. The third-order valence-corrected chi connectivity index (χ3v) is 4.03. The molecule has 4 amide bonds. The van der Waals surface area contributed by atoms with Gasteiger partial charge in [-0.2, -0.15) is 0 Å². The Morgan fingerprint density at radius 2 is 1.89 bits per heavy atom. The summed E-state index contributed by atoms with van der Waals surface area (Å²) in [6.45, 7) is 5.27. The fraction of sp³-hybridized carbons (Fsp3) is 0.769. The van der Waals surface area contributed by atoms with Crippen LogP contribution in [0.25, 0.3) is 0 Å². The van der Waals surface area contributed by atoms with Gasteiger partial charge in [0, 0.05) is 6.04 Å². The predicted octanol–water partition coefficient (Wildman–Crippen LogP) is 1.67. The first-order valence-electron chi connectivity index (χ1n) is 6.53. The van der Waals surface area contributed by atoms with Crippen molar-refractivity contribution in [1.29, 1.82) is 0 Å². The van der Waals surface area contributed by atoms with Crippen LogP contribution in [0.2, 0.25) is 0 Å². The van der Waals surface area contributed by atoms with E-state index in [4.69, 9.17) is 0 Å². The Morgan fingerprint density at radius 3 is 2.50 bits per heavy atom. The Labute approximate surface area is 107 Å². The highest BCUT2D eigenvalue weighted by Gasteiger charge is 2.49. The summed E-state index contributed by atoms with van der Waals surface area (Å²) >= 11 is 0. The first kappa shape index (κ1) is 13.1. The maximum absolute atomic E-state index is 12.3. The molecule has 0 aromatic carbocycles. The van der Waals surface area contributed by atoms with Gasteiger partial charge in [-0.15, -0.1) is 0 Å². The van der Waals surface area contributed by atoms with Crippen LogP contribution in [0.5, 0.6) is 0 Å². The third kappa shape index (κ3) is 2.02. The lowest BCUT2D eigenvalue weighted by molar-refractivity contribution is -0.151. The number of carbonyl (C=O) groups is 3. The van der Waals surface area contributed by atoms with Crippen molar-refractivity contribution in [2.75, 3.05) is 0 Å². The van der Waals surface area contributed by atoms with E-state index in [9.17, 15) is 14.4 Å². The molecule has 5 heteroatoms. The molecule has 0 aromatic rings. The minimum atomic E-state index is -1.14. The van der Waals surface area contributed by atoms with Crippen LogP contribution in [0, 0.1) is 11.3 Å². The highest BCUT2D eigenvalue weighted by Crippen LogP contribution is 2.32. The number of urea groups is 1. The molecular weight excluding hydrogens is 232 g/mol. The van der Waals surface area contributed by atoms with Gasteiger partial charge in [0.25, 0.3) is 0 Å². The second-order valence-electron chi connectivity index (χ2n) is 5.99. The third-order valence-electron chi connectivity index (χ3n) is 4.03. The van der Waals surface area contributed by atoms with Crippen LogP contribution in [0.3, 0.4) is 0 Å². The van der Waals surface area contributed by atoms with Gasteiger partial charge >= 0.3 is 6.03 Å². The van der Waals surface area contributed by atoms with E-state index in [-0.39, 0.29) is 11.9 Å². The normalized spacial score (nSPS) is 32.4.